The van der Waals surface area contributed by atoms with E-state index in [4.69, 9.17) is 0 Å². The topological polar surface area (TPSA) is 15.3 Å². The van der Waals surface area contributed by atoms with E-state index in [1.54, 1.807) is 0 Å². The Kier molecular flexibility index (Phi) is 6.55. The summed E-state index contributed by atoms with van der Waals surface area (Å²) in [5.74, 6) is 0. The minimum Gasteiger partial charge on any atom is -0.310 e. The van der Waals surface area contributed by atoms with Crippen molar-refractivity contribution in [1.29, 1.82) is 0 Å². The summed E-state index contributed by atoms with van der Waals surface area (Å²) in [5, 5.41) is 3.79. The highest BCUT2D eigenvalue weighted by Crippen LogP contribution is 2.14. The summed E-state index contributed by atoms with van der Waals surface area (Å²) in [6.45, 7) is 9.38. The van der Waals surface area contributed by atoms with Crippen LogP contribution in [-0.2, 0) is 13.0 Å². The quantitative estimate of drug-likeness (QED) is 0.852. The fourth-order valence-electron chi connectivity index (χ4n) is 3.23. The Morgan fingerprint density at radius 1 is 1.10 bits per heavy atom. The van der Waals surface area contributed by atoms with E-state index in [2.05, 4.69) is 48.3 Å². The van der Waals surface area contributed by atoms with Gasteiger partial charge in [-0.1, -0.05) is 38.1 Å². The molecule has 1 fully saturated rings. The molecule has 0 aromatic heterocycles. The first kappa shape index (κ1) is 15.5. The summed E-state index contributed by atoms with van der Waals surface area (Å²) < 4.78 is 0. The third-order valence-corrected chi connectivity index (χ3v) is 4.44. The molecule has 0 aliphatic carbocycles. The maximum Gasteiger partial charge on any atom is 0.0210 e. The zero-order valence-electron chi connectivity index (χ0n) is 13.2. The molecule has 1 aromatic rings. The predicted molar refractivity (Wildman–Crippen MR) is 87.0 cm³/mol. The van der Waals surface area contributed by atoms with Gasteiger partial charge in [-0.05, 0) is 62.9 Å². The smallest absolute Gasteiger partial charge is 0.0210 e. The maximum atomic E-state index is 3.79. The van der Waals surface area contributed by atoms with Gasteiger partial charge in [0.15, 0.2) is 0 Å². The molecule has 0 radical (unpaired) electrons. The fraction of sp³-hybridized carbons (Fsp3) is 0.667. The van der Waals surface area contributed by atoms with Crippen LogP contribution in [0, 0.1) is 0 Å². The van der Waals surface area contributed by atoms with Crippen molar-refractivity contribution >= 4 is 0 Å². The zero-order chi connectivity index (χ0) is 14.2. The molecule has 1 aromatic carbocycles. The molecule has 0 spiro atoms. The van der Waals surface area contributed by atoms with Crippen LogP contribution in [-0.4, -0.2) is 30.6 Å². The summed E-state index contributed by atoms with van der Waals surface area (Å²) in [6.07, 6.45) is 6.38. The lowest BCUT2D eigenvalue weighted by atomic mass is 10.0. The molecular weight excluding hydrogens is 244 g/mol. The molecule has 1 N–H and O–H groups in total. The zero-order valence-corrected chi connectivity index (χ0v) is 13.2. The van der Waals surface area contributed by atoms with E-state index in [0.29, 0.717) is 6.04 Å². The highest BCUT2D eigenvalue weighted by atomic mass is 15.1. The molecule has 20 heavy (non-hydrogen) atoms. The molecule has 0 saturated carbocycles. The van der Waals surface area contributed by atoms with E-state index < -0.39 is 0 Å². The third-order valence-electron chi connectivity index (χ3n) is 4.44. The van der Waals surface area contributed by atoms with Crippen molar-refractivity contribution in [1.82, 2.24) is 10.2 Å². The molecule has 0 bridgehead atoms. The Morgan fingerprint density at radius 2 is 1.90 bits per heavy atom. The lowest BCUT2D eigenvalue weighted by Gasteiger charge is -2.20. The van der Waals surface area contributed by atoms with Crippen molar-refractivity contribution in [2.24, 2.45) is 0 Å². The van der Waals surface area contributed by atoms with E-state index in [9.17, 15) is 0 Å². The minimum atomic E-state index is 0.696. The van der Waals surface area contributed by atoms with Crippen LogP contribution in [0.5, 0.6) is 0 Å². The summed E-state index contributed by atoms with van der Waals surface area (Å²) in [4.78, 5) is 2.63. The van der Waals surface area contributed by atoms with Crippen molar-refractivity contribution < 1.29 is 0 Å². The molecule has 2 heteroatoms. The number of nitrogens with zero attached hydrogens (tertiary/aromatic N) is 1. The first-order chi connectivity index (χ1) is 9.83. The largest absolute Gasteiger partial charge is 0.310 e. The van der Waals surface area contributed by atoms with Crippen molar-refractivity contribution in [3.8, 4) is 0 Å². The summed E-state index contributed by atoms with van der Waals surface area (Å²) in [5.41, 5.74) is 2.96. The number of likely N-dealkylation sites (tertiary alicyclic amines) is 1. The molecule has 1 atom stereocenters. The summed E-state index contributed by atoms with van der Waals surface area (Å²) >= 11 is 0. The van der Waals surface area contributed by atoms with Crippen LogP contribution in [0.4, 0.5) is 0 Å². The fourth-order valence-corrected chi connectivity index (χ4v) is 3.23. The standard InChI is InChI=1S/C18H30N2/c1-3-12-20-13-7-10-18(11-14-20)19-15-17-9-6-5-8-16(17)4-2/h5-6,8-9,18-19H,3-4,7,10-15H2,1-2H3. The van der Waals surface area contributed by atoms with Gasteiger partial charge < -0.3 is 10.2 Å². The Hall–Kier alpha value is -0.860. The lowest BCUT2D eigenvalue weighted by Crippen LogP contribution is -2.31. The van der Waals surface area contributed by atoms with Gasteiger partial charge in [0.1, 0.15) is 0 Å². The second-order valence-electron chi connectivity index (χ2n) is 5.97. The molecule has 0 amide bonds. The number of aryl methyl sites for hydroxylation is 1. The number of rotatable bonds is 6. The normalized spacial score (nSPS) is 20.8. The van der Waals surface area contributed by atoms with E-state index in [1.165, 1.54) is 56.4 Å². The van der Waals surface area contributed by atoms with Crippen LogP contribution in [0.15, 0.2) is 24.3 Å². The van der Waals surface area contributed by atoms with Gasteiger partial charge in [-0.25, -0.2) is 0 Å². The molecule has 2 nitrogen and oxygen atoms in total. The van der Waals surface area contributed by atoms with Gasteiger partial charge in [0.25, 0.3) is 0 Å². The van der Waals surface area contributed by atoms with Crippen molar-refractivity contribution in [2.45, 2.75) is 58.5 Å². The van der Waals surface area contributed by atoms with Crippen LogP contribution in [0.1, 0.15) is 50.7 Å². The maximum absolute atomic E-state index is 3.79. The molecular formula is C18H30N2. The van der Waals surface area contributed by atoms with Crippen LogP contribution in [0.25, 0.3) is 0 Å². The highest BCUT2D eigenvalue weighted by molar-refractivity contribution is 5.26. The Morgan fingerprint density at radius 3 is 2.65 bits per heavy atom. The number of nitrogens with one attached hydrogen (secondary N) is 1. The average molecular weight is 274 g/mol. The van der Waals surface area contributed by atoms with Gasteiger partial charge in [0, 0.05) is 12.6 Å². The second kappa shape index (κ2) is 8.43. The van der Waals surface area contributed by atoms with Gasteiger partial charge in [-0.2, -0.15) is 0 Å². The Labute approximate surface area is 124 Å². The van der Waals surface area contributed by atoms with Crippen molar-refractivity contribution in [2.75, 3.05) is 19.6 Å². The van der Waals surface area contributed by atoms with Crippen molar-refractivity contribution in [3.05, 3.63) is 35.4 Å². The van der Waals surface area contributed by atoms with Gasteiger partial charge in [0.05, 0.1) is 0 Å². The first-order valence-electron chi connectivity index (χ1n) is 8.36. The van der Waals surface area contributed by atoms with Gasteiger partial charge in [-0.15, -0.1) is 0 Å². The van der Waals surface area contributed by atoms with Crippen LogP contribution >= 0.6 is 0 Å². The Balaban J connectivity index is 1.82. The number of hydrogen-bond donors (Lipinski definition) is 1. The summed E-state index contributed by atoms with van der Waals surface area (Å²) in [6, 6.07) is 9.53. The molecule has 1 aliphatic rings. The minimum absolute atomic E-state index is 0.696. The van der Waals surface area contributed by atoms with Crippen LogP contribution in [0.2, 0.25) is 0 Å². The Bertz CT molecular complexity index is 389. The second-order valence-corrected chi connectivity index (χ2v) is 5.97. The highest BCUT2D eigenvalue weighted by Gasteiger charge is 2.16. The number of benzene rings is 1. The molecule has 2 rings (SSSR count). The van der Waals surface area contributed by atoms with E-state index in [1.807, 2.05) is 0 Å². The first-order valence-corrected chi connectivity index (χ1v) is 8.36. The van der Waals surface area contributed by atoms with Crippen molar-refractivity contribution in [3.63, 3.8) is 0 Å². The molecule has 1 aliphatic heterocycles. The van der Waals surface area contributed by atoms with Gasteiger partial charge >= 0.3 is 0 Å². The molecule has 1 saturated heterocycles. The predicted octanol–water partition coefficient (Wildman–Crippen LogP) is 3.60. The SMILES string of the molecule is CCCN1CCCC(NCc2ccccc2CC)CC1. The average Bonchev–Trinajstić information content (AvgIpc) is 2.71. The van der Waals surface area contributed by atoms with Crippen LogP contribution in [0.3, 0.4) is 0 Å². The summed E-state index contributed by atoms with van der Waals surface area (Å²) in [7, 11) is 0. The third kappa shape index (κ3) is 4.60. The molecule has 1 unspecified atom stereocenters. The lowest BCUT2D eigenvalue weighted by molar-refractivity contribution is 0.282. The van der Waals surface area contributed by atoms with E-state index in [0.717, 1.165) is 13.0 Å². The van der Waals surface area contributed by atoms with Gasteiger partial charge in [0.2, 0.25) is 0 Å². The van der Waals surface area contributed by atoms with E-state index >= 15 is 0 Å². The molecule has 112 valence electrons. The van der Waals surface area contributed by atoms with E-state index in [-0.39, 0.29) is 0 Å². The molecule has 1 heterocycles. The monoisotopic (exact) mass is 274 g/mol. The van der Waals surface area contributed by atoms with Gasteiger partial charge in [-0.3, -0.25) is 0 Å². The van der Waals surface area contributed by atoms with Crippen LogP contribution < -0.4 is 5.32 Å². The number of hydrogen-bond acceptors (Lipinski definition) is 2.